The summed E-state index contributed by atoms with van der Waals surface area (Å²) in [6, 6.07) is 17.8. The van der Waals surface area contributed by atoms with Crippen molar-refractivity contribution in [2.75, 3.05) is 11.3 Å². The minimum absolute atomic E-state index is 0.194. The molecule has 0 amide bonds. The highest BCUT2D eigenvalue weighted by Crippen LogP contribution is 2.31. The summed E-state index contributed by atoms with van der Waals surface area (Å²) >= 11 is 6.23. The van der Waals surface area contributed by atoms with E-state index in [2.05, 4.69) is 23.1 Å². The summed E-state index contributed by atoms with van der Waals surface area (Å²) in [5, 5.41) is 2.75. The molecule has 0 spiro atoms. The average molecular weight is 428 g/mol. The van der Waals surface area contributed by atoms with Crippen molar-refractivity contribution in [2.45, 2.75) is 24.3 Å². The maximum atomic E-state index is 13.1. The fourth-order valence-electron chi connectivity index (χ4n) is 3.52. The molecule has 0 aliphatic carbocycles. The molecule has 0 unspecified atom stereocenters. The lowest BCUT2D eigenvalue weighted by Crippen LogP contribution is -2.34. The van der Waals surface area contributed by atoms with Gasteiger partial charge < -0.3 is 10.3 Å². The Kier molecular flexibility index (Phi) is 4.81. The SMILES string of the molecule is CC(C)(CN)n1ccc2cc(NS(=O)(=O)c3cccc4c(Cl)cccc34)ccc21. The molecule has 1 aromatic heterocycles. The van der Waals surface area contributed by atoms with Crippen LogP contribution in [0.5, 0.6) is 0 Å². The molecule has 7 heteroatoms. The number of anilines is 1. The molecule has 0 saturated heterocycles. The van der Waals surface area contributed by atoms with Crippen LogP contribution in [0.4, 0.5) is 5.69 Å². The summed E-state index contributed by atoms with van der Waals surface area (Å²) in [5.74, 6) is 0. The maximum Gasteiger partial charge on any atom is 0.262 e. The molecular weight excluding hydrogens is 406 g/mol. The summed E-state index contributed by atoms with van der Waals surface area (Å²) in [4.78, 5) is 0.194. The van der Waals surface area contributed by atoms with Gasteiger partial charge in [0.15, 0.2) is 0 Å². The minimum atomic E-state index is -3.79. The molecule has 4 rings (SSSR count). The van der Waals surface area contributed by atoms with Gasteiger partial charge in [-0.15, -0.1) is 0 Å². The number of nitrogens with two attached hydrogens (primary N) is 1. The molecule has 0 atom stereocenters. The Hall–Kier alpha value is -2.54. The van der Waals surface area contributed by atoms with Crippen LogP contribution in [-0.2, 0) is 15.6 Å². The van der Waals surface area contributed by atoms with Crippen LogP contribution in [0.3, 0.4) is 0 Å². The number of nitrogens with zero attached hydrogens (tertiary/aromatic N) is 1. The van der Waals surface area contributed by atoms with Gasteiger partial charge in [0.2, 0.25) is 0 Å². The smallest absolute Gasteiger partial charge is 0.262 e. The third kappa shape index (κ3) is 3.48. The van der Waals surface area contributed by atoms with E-state index in [1.165, 1.54) is 0 Å². The fraction of sp³-hybridized carbons (Fsp3) is 0.182. The van der Waals surface area contributed by atoms with Crippen molar-refractivity contribution in [3.63, 3.8) is 0 Å². The predicted molar refractivity (Wildman–Crippen MR) is 120 cm³/mol. The number of sulfonamides is 1. The maximum absolute atomic E-state index is 13.1. The second kappa shape index (κ2) is 7.06. The molecule has 3 N–H and O–H groups in total. The van der Waals surface area contributed by atoms with E-state index in [0.717, 1.165) is 10.9 Å². The van der Waals surface area contributed by atoms with Crippen molar-refractivity contribution < 1.29 is 8.42 Å². The Balaban J connectivity index is 1.74. The van der Waals surface area contributed by atoms with Crippen LogP contribution in [0.15, 0.2) is 71.8 Å². The number of benzene rings is 3. The Bertz CT molecular complexity index is 1330. The first kappa shape index (κ1) is 19.8. The van der Waals surface area contributed by atoms with Gasteiger partial charge in [-0.25, -0.2) is 8.42 Å². The number of hydrogen-bond acceptors (Lipinski definition) is 3. The third-order valence-corrected chi connectivity index (χ3v) is 6.98. The number of halogens is 1. The summed E-state index contributed by atoms with van der Waals surface area (Å²) in [6.07, 6.45) is 1.97. The van der Waals surface area contributed by atoms with Crippen molar-refractivity contribution in [1.82, 2.24) is 4.57 Å². The van der Waals surface area contributed by atoms with Gasteiger partial charge in [0.05, 0.1) is 10.4 Å². The molecule has 4 aromatic rings. The van der Waals surface area contributed by atoms with Crippen molar-refractivity contribution >= 4 is 49.0 Å². The molecule has 5 nitrogen and oxygen atoms in total. The monoisotopic (exact) mass is 427 g/mol. The highest BCUT2D eigenvalue weighted by atomic mass is 35.5. The number of nitrogens with one attached hydrogen (secondary N) is 1. The van der Waals surface area contributed by atoms with Crippen molar-refractivity contribution in [1.29, 1.82) is 0 Å². The fourth-order valence-corrected chi connectivity index (χ4v) is 5.03. The molecule has 0 fully saturated rings. The molecule has 0 saturated carbocycles. The Morgan fingerprint density at radius 1 is 1.03 bits per heavy atom. The largest absolute Gasteiger partial charge is 0.341 e. The number of aromatic nitrogens is 1. The van der Waals surface area contributed by atoms with Gasteiger partial charge in [-0.2, -0.15) is 0 Å². The molecule has 150 valence electrons. The van der Waals surface area contributed by atoms with Crippen LogP contribution in [0.2, 0.25) is 5.02 Å². The molecule has 1 heterocycles. The lowest BCUT2D eigenvalue weighted by molar-refractivity contribution is 0.379. The molecule has 3 aromatic carbocycles. The van der Waals surface area contributed by atoms with E-state index in [1.807, 2.05) is 30.5 Å². The first-order chi connectivity index (χ1) is 13.7. The zero-order chi connectivity index (χ0) is 20.8. The van der Waals surface area contributed by atoms with Gasteiger partial charge in [0, 0.05) is 45.1 Å². The highest BCUT2D eigenvalue weighted by molar-refractivity contribution is 7.93. The summed E-state index contributed by atoms with van der Waals surface area (Å²) in [7, 11) is -3.79. The lowest BCUT2D eigenvalue weighted by Gasteiger charge is -2.26. The van der Waals surface area contributed by atoms with Crippen LogP contribution in [0, 0.1) is 0 Å². The van der Waals surface area contributed by atoms with Crippen LogP contribution in [-0.4, -0.2) is 19.5 Å². The average Bonchev–Trinajstić information content (AvgIpc) is 3.11. The summed E-state index contributed by atoms with van der Waals surface area (Å²) in [5.41, 5.74) is 7.17. The van der Waals surface area contributed by atoms with Crippen molar-refractivity contribution in [3.8, 4) is 0 Å². The topological polar surface area (TPSA) is 77.1 Å². The van der Waals surface area contributed by atoms with E-state index < -0.39 is 10.0 Å². The highest BCUT2D eigenvalue weighted by Gasteiger charge is 2.21. The standard InChI is InChI=1S/C22H22ClN3O2S/c1-22(2,14-24)26-12-11-15-13-16(9-10-20(15)26)25-29(27,28)21-8-4-5-17-18(21)6-3-7-19(17)23/h3-13,25H,14,24H2,1-2H3. The quantitative estimate of drug-likeness (QED) is 0.473. The zero-order valence-corrected chi connectivity index (χ0v) is 17.8. The van der Waals surface area contributed by atoms with E-state index in [-0.39, 0.29) is 10.4 Å². The predicted octanol–water partition coefficient (Wildman–Crippen LogP) is 4.94. The van der Waals surface area contributed by atoms with Gasteiger partial charge in [0.1, 0.15) is 0 Å². The van der Waals surface area contributed by atoms with E-state index in [1.54, 1.807) is 36.4 Å². The van der Waals surface area contributed by atoms with Gasteiger partial charge >= 0.3 is 0 Å². The normalized spacial score (nSPS) is 12.6. The number of fused-ring (bicyclic) bond motifs is 2. The van der Waals surface area contributed by atoms with Crippen LogP contribution < -0.4 is 10.5 Å². The van der Waals surface area contributed by atoms with Crippen LogP contribution >= 0.6 is 11.6 Å². The molecule has 0 radical (unpaired) electrons. The van der Waals surface area contributed by atoms with Gasteiger partial charge in [0.25, 0.3) is 10.0 Å². The minimum Gasteiger partial charge on any atom is -0.341 e. The molecule has 0 aliphatic heterocycles. The van der Waals surface area contributed by atoms with Gasteiger partial charge in [-0.05, 0) is 50.2 Å². The zero-order valence-electron chi connectivity index (χ0n) is 16.2. The molecule has 0 bridgehead atoms. The molecule has 0 aliphatic rings. The number of rotatable bonds is 5. The lowest BCUT2D eigenvalue weighted by atomic mass is 10.1. The Morgan fingerprint density at radius 2 is 1.76 bits per heavy atom. The van der Waals surface area contributed by atoms with Crippen LogP contribution in [0.25, 0.3) is 21.7 Å². The van der Waals surface area contributed by atoms with Crippen molar-refractivity contribution in [3.05, 3.63) is 71.9 Å². The second-order valence-electron chi connectivity index (χ2n) is 7.67. The summed E-state index contributed by atoms with van der Waals surface area (Å²) in [6.45, 7) is 4.62. The van der Waals surface area contributed by atoms with E-state index in [4.69, 9.17) is 17.3 Å². The summed E-state index contributed by atoms with van der Waals surface area (Å²) < 4.78 is 31.0. The molecule has 29 heavy (non-hydrogen) atoms. The van der Waals surface area contributed by atoms with E-state index in [9.17, 15) is 8.42 Å². The van der Waals surface area contributed by atoms with E-state index >= 15 is 0 Å². The number of hydrogen-bond donors (Lipinski definition) is 2. The Morgan fingerprint density at radius 3 is 2.52 bits per heavy atom. The van der Waals surface area contributed by atoms with Gasteiger partial charge in [-0.3, -0.25) is 4.72 Å². The van der Waals surface area contributed by atoms with E-state index in [0.29, 0.717) is 28.0 Å². The second-order valence-corrected chi connectivity index (χ2v) is 9.73. The Labute approximate surface area is 175 Å². The van der Waals surface area contributed by atoms with Gasteiger partial charge in [-0.1, -0.05) is 35.9 Å². The third-order valence-electron chi connectivity index (χ3n) is 5.21. The van der Waals surface area contributed by atoms with Crippen LogP contribution in [0.1, 0.15) is 13.8 Å². The first-order valence-electron chi connectivity index (χ1n) is 9.25. The first-order valence-corrected chi connectivity index (χ1v) is 11.1. The van der Waals surface area contributed by atoms with Crippen molar-refractivity contribution in [2.24, 2.45) is 5.73 Å². The molecular formula is C22H22ClN3O2S.